The molecule has 2 rings (SSSR count). The van der Waals surface area contributed by atoms with E-state index in [1.165, 1.54) is 0 Å². The van der Waals surface area contributed by atoms with Crippen LogP contribution in [-0.2, 0) is 14.6 Å². The summed E-state index contributed by atoms with van der Waals surface area (Å²) in [6, 6.07) is 10.4. The largest absolute Gasteiger partial charge is 0.354 e. The molecule has 2 aromatic rings. The molecule has 0 aliphatic carbocycles. The Morgan fingerprint density at radius 1 is 1.04 bits per heavy atom. The predicted octanol–water partition coefficient (Wildman–Crippen LogP) is 3.88. The highest BCUT2D eigenvalue weighted by atomic mass is 32.2. The first-order chi connectivity index (χ1) is 12.7. The second-order valence-electron chi connectivity index (χ2n) is 7.45. The van der Waals surface area contributed by atoms with Crippen LogP contribution in [-0.4, -0.2) is 25.9 Å². The lowest BCUT2D eigenvalue weighted by molar-refractivity contribution is -0.121. The summed E-state index contributed by atoms with van der Waals surface area (Å²) in [7, 11) is -3.68. The molecule has 1 amide bonds. The quantitative estimate of drug-likeness (QED) is 0.744. The van der Waals surface area contributed by atoms with E-state index in [4.69, 9.17) is 0 Å². The number of carbonyl (C=O) groups is 1. The van der Waals surface area contributed by atoms with Gasteiger partial charge in [-0.05, 0) is 41.2 Å². The first-order valence-electron chi connectivity index (χ1n) is 9.22. The number of carbonyl (C=O) groups excluding carboxylic acids is 1. The average molecular weight is 389 g/mol. The third-order valence-electron chi connectivity index (χ3n) is 4.38. The van der Waals surface area contributed by atoms with Crippen LogP contribution in [0.1, 0.15) is 56.4 Å². The normalized spacial score (nSPS) is 13.0. The molecule has 6 heteroatoms. The molecule has 0 spiro atoms. The molecule has 0 radical (unpaired) electrons. The van der Waals surface area contributed by atoms with Gasteiger partial charge in [-0.1, -0.05) is 45.9 Å². The molecular formula is C21H28N2O3S. The van der Waals surface area contributed by atoms with E-state index < -0.39 is 15.1 Å². The van der Waals surface area contributed by atoms with Crippen LogP contribution in [0.15, 0.2) is 53.7 Å². The molecule has 146 valence electrons. The lowest BCUT2D eigenvalue weighted by Crippen LogP contribution is -2.32. The Morgan fingerprint density at radius 2 is 1.70 bits per heavy atom. The van der Waals surface area contributed by atoms with Crippen molar-refractivity contribution < 1.29 is 13.2 Å². The molecule has 0 aliphatic rings. The standard InChI is InChI=1S/C21H28N2O3S/c1-15(2)12-21(24)23-14-20(18-6-5-11-22-13-18)27(25,26)19-9-7-17(8-10-19)16(3)4/h5-11,13,15-16,20H,12,14H2,1-4H3,(H,23,24)/t20-/m0/s1. The van der Waals surface area contributed by atoms with Crippen LogP contribution < -0.4 is 5.32 Å². The molecule has 0 aliphatic heterocycles. The predicted molar refractivity (Wildman–Crippen MR) is 107 cm³/mol. The number of rotatable bonds is 8. The van der Waals surface area contributed by atoms with E-state index in [0.29, 0.717) is 17.9 Å². The van der Waals surface area contributed by atoms with Crippen molar-refractivity contribution in [3.8, 4) is 0 Å². The van der Waals surface area contributed by atoms with Crippen LogP contribution >= 0.6 is 0 Å². The first kappa shape index (κ1) is 21.1. The van der Waals surface area contributed by atoms with Gasteiger partial charge in [0.15, 0.2) is 9.84 Å². The van der Waals surface area contributed by atoms with Gasteiger partial charge >= 0.3 is 0 Å². The second kappa shape index (κ2) is 9.13. The van der Waals surface area contributed by atoms with Gasteiger partial charge in [-0.25, -0.2) is 8.42 Å². The van der Waals surface area contributed by atoms with Crippen molar-refractivity contribution in [3.05, 3.63) is 59.9 Å². The monoisotopic (exact) mass is 388 g/mol. The van der Waals surface area contributed by atoms with E-state index in [9.17, 15) is 13.2 Å². The van der Waals surface area contributed by atoms with Crippen molar-refractivity contribution in [2.45, 2.75) is 50.2 Å². The summed E-state index contributed by atoms with van der Waals surface area (Å²) in [6.45, 7) is 8.04. The Bertz CT molecular complexity index is 845. The van der Waals surface area contributed by atoms with Gasteiger partial charge in [0.05, 0.1) is 4.90 Å². The first-order valence-corrected chi connectivity index (χ1v) is 10.8. The summed E-state index contributed by atoms with van der Waals surface area (Å²) in [5.74, 6) is 0.387. The van der Waals surface area contributed by atoms with E-state index >= 15 is 0 Å². The van der Waals surface area contributed by atoms with Gasteiger partial charge in [0.1, 0.15) is 5.25 Å². The number of amides is 1. The van der Waals surface area contributed by atoms with Crippen LogP contribution in [0, 0.1) is 5.92 Å². The van der Waals surface area contributed by atoms with Crippen LogP contribution in [0.5, 0.6) is 0 Å². The summed E-state index contributed by atoms with van der Waals surface area (Å²) in [6.07, 6.45) is 3.50. The zero-order valence-corrected chi connectivity index (χ0v) is 17.2. The highest BCUT2D eigenvalue weighted by molar-refractivity contribution is 7.91. The summed E-state index contributed by atoms with van der Waals surface area (Å²) in [5.41, 5.74) is 1.65. The van der Waals surface area contributed by atoms with Crippen LogP contribution in [0.3, 0.4) is 0 Å². The number of hydrogen-bond acceptors (Lipinski definition) is 4. The van der Waals surface area contributed by atoms with E-state index in [0.717, 1.165) is 5.56 Å². The second-order valence-corrected chi connectivity index (χ2v) is 9.58. The Balaban J connectivity index is 2.32. The maximum atomic E-state index is 13.3. The van der Waals surface area contributed by atoms with Crippen molar-refractivity contribution in [1.82, 2.24) is 10.3 Å². The number of pyridine rings is 1. The fourth-order valence-corrected chi connectivity index (χ4v) is 4.47. The van der Waals surface area contributed by atoms with Gasteiger partial charge in [0.2, 0.25) is 5.91 Å². The van der Waals surface area contributed by atoms with E-state index in [2.05, 4.69) is 24.1 Å². The minimum Gasteiger partial charge on any atom is -0.354 e. The molecule has 1 aromatic carbocycles. The molecule has 1 heterocycles. The summed E-state index contributed by atoms with van der Waals surface area (Å²) in [5, 5.41) is 1.89. The average Bonchev–Trinajstić information content (AvgIpc) is 2.62. The molecule has 5 nitrogen and oxygen atoms in total. The van der Waals surface area contributed by atoms with Gasteiger partial charge in [-0.2, -0.15) is 0 Å². The molecule has 1 atom stereocenters. The van der Waals surface area contributed by atoms with Crippen molar-refractivity contribution in [1.29, 1.82) is 0 Å². The Kier molecular flexibility index (Phi) is 7.13. The number of nitrogens with zero attached hydrogens (tertiary/aromatic N) is 1. The molecule has 1 N–H and O–H groups in total. The molecule has 27 heavy (non-hydrogen) atoms. The molecule has 0 saturated carbocycles. The number of nitrogens with one attached hydrogen (secondary N) is 1. The Hall–Kier alpha value is -2.21. The maximum Gasteiger partial charge on any atom is 0.220 e. The third-order valence-corrected chi connectivity index (χ3v) is 6.50. The minimum atomic E-state index is -3.68. The Labute approximate surface area is 162 Å². The lowest BCUT2D eigenvalue weighted by atomic mass is 10.0. The zero-order chi connectivity index (χ0) is 20.0. The molecule has 0 bridgehead atoms. The van der Waals surface area contributed by atoms with Crippen molar-refractivity contribution in [2.75, 3.05) is 6.54 Å². The van der Waals surface area contributed by atoms with Crippen molar-refractivity contribution >= 4 is 15.7 Å². The van der Waals surface area contributed by atoms with Gasteiger partial charge in [0, 0.05) is 25.4 Å². The summed E-state index contributed by atoms with van der Waals surface area (Å²) < 4.78 is 26.5. The van der Waals surface area contributed by atoms with E-state index in [-0.39, 0.29) is 23.3 Å². The maximum absolute atomic E-state index is 13.3. The smallest absolute Gasteiger partial charge is 0.220 e. The highest BCUT2D eigenvalue weighted by Gasteiger charge is 2.30. The molecule has 0 saturated heterocycles. The number of hydrogen-bond donors (Lipinski definition) is 1. The number of benzene rings is 1. The van der Waals surface area contributed by atoms with Gasteiger partial charge in [-0.15, -0.1) is 0 Å². The van der Waals surface area contributed by atoms with Gasteiger partial charge < -0.3 is 5.32 Å². The summed E-state index contributed by atoms with van der Waals surface area (Å²) >= 11 is 0. The SMILES string of the molecule is CC(C)CC(=O)NC[C@@H](c1cccnc1)S(=O)(=O)c1ccc(C(C)C)cc1. The fourth-order valence-electron chi connectivity index (χ4n) is 2.83. The van der Waals surface area contributed by atoms with Crippen LogP contribution in [0.4, 0.5) is 0 Å². The third kappa shape index (κ3) is 5.63. The van der Waals surface area contributed by atoms with Crippen molar-refractivity contribution in [2.24, 2.45) is 5.92 Å². The van der Waals surface area contributed by atoms with E-state index in [1.807, 2.05) is 26.0 Å². The minimum absolute atomic E-state index is 0.0194. The summed E-state index contributed by atoms with van der Waals surface area (Å²) in [4.78, 5) is 16.3. The van der Waals surface area contributed by atoms with Gasteiger partial charge in [-0.3, -0.25) is 9.78 Å². The van der Waals surface area contributed by atoms with Crippen LogP contribution in [0.2, 0.25) is 0 Å². The number of aromatic nitrogens is 1. The van der Waals surface area contributed by atoms with Gasteiger partial charge in [0.25, 0.3) is 0 Å². The fraction of sp³-hybridized carbons (Fsp3) is 0.429. The Morgan fingerprint density at radius 3 is 2.22 bits per heavy atom. The molecular weight excluding hydrogens is 360 g/mol. The lowest BCUT2D eigenvalue weighted by Gasteiger charge is -2.19. The topological polar surface area (TPSA) is 76.1 Å². The molecule has 0 unspecified atom stereocenters. The number of sulfone groups is 1. The molecule has 0 fully saturated rings. The van der Waals surface area contributed by atoms with Crippen LogP contribution in [0.25, 0.3) is 0 Å². The van der Waals surface area contributed by atoms with Crippen molar-refractivity contribution in [3.63, 3.8) is 0 Å². The molecule has 1 aromatic heterocycles. The zero-order valence-electron chi connectivity index (χ0n) is 16.3. The van der Waals surface area contributed by atoms with E-state index in [1.54, 1.807) is 36.7 Å². The highest BCUT2D eigenvalue weighted by Crippen LogP contribution is 2.29.